The lowest BCUT2D eigenvalue weighted by Gasteiger charge is -2.14. The van der Waals surface area contributed by atoms with Crippen LogP contribution >= 0.6 is 0 Å². The zero-order valence-electron chi connectivity index (χ0n) is 11.2. The van der Waals surface area contributed by atoms with Gasteiger partial charge in [0.1, 0.15) is 12.5 Å². The van der Waals surface area contributed by atoms with Crippen molar-refractivity contribution in [1.82, 2.24) is 0 Å². The first-order valence-corrected chi connectivity index (χ1v) is 6.07. The molecule has 0 rings (SSSR count). The van der Waals surface area contributed by atoms with Crippen LogP contribution in [0.25, 0.3) is 0 Å². The van der Waals surface area contributed by atoms with Gasteiger partial charge in [-0.05, 0) is 43.8 Å². The summed E-state index contributed by atoms with van der Waals surface area (Å²) in [4.78, 5) is 0. The van der Waals surface area contributed by atoms with Gasteiger partial charge < -0.3 is 0 Å². The molecule has 0 aromatic carbocycles. The van der Waals surface area contributed by atoms with Crippen LogP contribution in [0.3, 0.4) is 0 Å². The average molecular weight is 230 g/mol. The van der Waals surface area contributed by atoms with Crippen LogP contribution in [0, 0.1) is 5.92 Å². The predicted molar refractivity (Wildman–Crippen MR) is 66.8 cm³/mol. The topological polar surface area (TPSA) is 0 Å². The van der Waals surface area contributed by atoms with E-state index in [1.165, 1.54) is 6.92 Å². The molecule has 0 saturated heterocycles. The van der Waals surface area contributed by atoms with Crippen molar-refractivity contribution in [2.45, 2.75) is 53.9 Å². The normalized spacial score (nSPS) is 16.7. The van der Waals surface area contributed by atoms with Crippen LogP contribution in [-0.4, -0.2) is 6.67 Å². The molecular weight excluding hydrogens is 206 g/mol. The highest BCUT2D eigenvalue weighted by Gasteiger charge is 2.11. The van der Waals surface area contributed by atoms with Crippen LogP contribution in [0.5, 0.6) is 0 Å². The molecule has 0 aromatic heterocycles. The van der Waals surface area contributed by atoms with Crippen molar-refractivity contribution >= 4 is 0 Å². The van der Waals surface area contributed by atoms with E-state index in [4.69, 9.17) is 0 Å². The first-order valence-electron chi connectivity index (χ1n) is 6.07. The van der Waals surface area contributed by atoms with Crippen molar-refractivity contribution in [2.24, 2.45) is 5.92 Å². The molecular formula is C14H24F2. The van der Waals surface area contributed by atoms with E-state index in [-0.39, 0.29) is 11.4 Å². The molecule has 0 amide bonds. The summed E-state index contributed by atoms with van der Waals surface area (Å²) in [5, 5.41) is 0. The van der Waals surface area contributed by atoms with Gasteiger partial charge in [0.2, 0.25) is 0 Å². The Morgan fingerprint density at radius 2 is 1.75 bits per heavy atom. The standard InChI is InChI=1S/C14H24F2/c1-6-10(3)8-13(7-2)12(5)14(16)11(4)9-15/h10H,6-9H2,1-5H3/b13-12+,14-11+. The molecule has 1 atom stereocenters. The lowest BCUT2D eigenvalue weighted by atomic mass is 9.93. The van der Waals surface area contributed by atoms with E-state index in [1.807, 2.05) is 6.92 Å². The molecule has 0 N–H and O–H groups in total. The molecule has 94 valence electrons. The molecule has 2 heteroatoms. The second kappa shape index (κ2) is 7.59. The SMILES string of the molecule is CC/C(CC(C)CC)=C(C)\C(F)=C(\C)CF. The van der Waals surface area contributed by atoms with E-state index in [1.54, 1.807) is 6.92 Å². The lowest BCUT2D eigenvalue weighted by Crippen LogP contribution is -1.99. The van der Waals surface area contributed by atoms with Gasteiger partial charge in [0.15, 0.2) is 0 Å². The van der Waals surface area contributed by atoms with E-state index in [0.29, 0.717) is 11.5 Å². The van der Waals surface area contributed by atoms with Crippen LogP contribution in [0.1, 0.15) is 53.9 Å². The first kappa shape index (κ1) is 15.3. The van der Waals surface area contributed by atoms with E-state index in [0.717, 1.165) is 24.8 Å². The van der Waals surface area contributed by atoms with Crippen LogP contribution in [0.15, 0.2) is 22.5 Å². The van der Waals surface area contributed by atoms with Crippen molar-refractivity contribution in [3.63, 3.8) is 0 Å². The number of hydrogen-bond donors (Lipinski definition) is 0. The van der Waals surface area contributed by atoms with Gasteiger partial charge in [-0.25, -0.2) is 8.78 Å². The van der Waals surface area contributed by atoms with E-state index in [2.05, 4.69) is 13.8 Å². The number of rotatable bonds is 6. The highest BCUT2D eigenvalue weighted by atomic mass is 19.1. The molecule has 0 aliphatic heterocycles. The fourth-order valence-electron chi connectivity index (χ4n) is 1.66. The van der Waals surface area contributed by atoms with Crippen LogP contribution in [0.2, 0.25) is 0 Å². The molecule has 0 fully saturated rings. The predicted octanol–water partition coefficient (Wildman–Crippen LogP) is 5.36. The number of halogens is 2. The smallest absolute Gasteiger partial charge is 0.127 e. The maximum atomic E-state index is 13.8. The fourth-order valence-corrected chi connectivity index (χ4v) is 1.66. The largest absolute Gasteiger partial charge is 0.246 e. The monoisotopic (exact) mass is 230 g/mol. The average Bonchev–Trinajstić information content (AvgIpc) is 2.32. The Kier molecular flexibility index (Phi) is 7.27. The van der Waals surface area contributed by atoms with Gasteiger partial charge in [0, 0.05) is 0 Å². The van der Waals surface area contributed by atoms with Gasteiger partial charge in [-0.1, -0.05) is 32.8 Å². The molecule has 0 aliphatic carbocycles. The number of alkyl halides is 1. The molecule has 0 radical (unpaired) electrons. The third-order valence-electron chi connectivity index (χ3n) is 3.15. The highest BCUT2D eigenvalue weighted by molar-refractivity contribution is 5.32. The molecule has 0 heterocycles. The minimum Gasteiger partial charge on any atom is -0.246 e. The molecule has 0 aromatic rings. The minimum absolute atomic E-state index is 0.201. The third-order valence-corrected chi connectivity index (χ3v) is 3.15. The van der Waals surface area contributed by atoms with Crippen molar-refractivity contribution in [2.75, 3.05) is 6.67 Å². The molecule has 0 saturated carbocycles. The number of allylic oxidation sites excluding steroid dienone is 4. The summed E-state index contributed by atoms with van der Waals surface area (Å²) in [5.41, 5.74) is 1.95. The Morgan fingerprint density at radius 1 is 1.19 bits per heavy atom. The van der Waals surface area contributed by atoms with Crippen LogP contribution in [0.4, 0.5) is 8.78 Å². The van der Waals surface area contributed by atoms with Gasteiger partial charge in [0.05, 0.1) is 0 Å². The van der Waals surface area contributed by atoms with Gasteiger partial charge in [-0.2, -0.15) is 0 Å². The molecule has 16 heavy (non-hydrogen) atoms. The number of hydrogen-bond acceptors (Lipinski definition) is 0. The minimum atomic E-state index is -0.705. The molecule has 0 aliphatic rings. The summed E-state index contributed by atoms with van der Waals surface area (Å²) >= 11 is 0. The van der Waals surface area contributed by atoms with Crippen LogP contribution in [-0.2, 0) is 0 Å². The first-order chi connectivity index (χ1) is 7.47. The highest BCUT2D eigenvalue weighted by Crippen LogP contribution is 2.26. The summed E-state index contributed by atoms with van der Waals surface area (Å²) in [6, 6.07) is 0. The van der Waals surface area contributed by atoms with Crippen molar-refractivity contribution in [3.05, 3.63) is 22.5 Å². The second-order valence-corrected chi connectivity index (χ2v) is 4.53. The summed E-state index contributed by atoms with van der Waals surface area (Å²) in [6.07, 6.45) is 2.83. The third kappa shape index (κ3) is 4.46. The fraction of sp³-hybridized carbons (Fsp3) is 0.714. The second-order valence-electron chi connectivity index (χ2n) is 4.53. The zero-order valence-corrected chi connectivity index (χ0v) is 11.2. The Hall–Kier alpha value is -0.660. The summed E-state index contributed by atoms with van der Waals surface area (Å²) in [7, 11) is 0. The Morgan fingerprint density at radius 3 is 2.12 bits per heavy atom. The molecule has 1 unspecified atom stereocenters. The van der Waals surface area contributed by atoms with Gasteiger partial charge in [-0.3, -0.25) is 0 Å². The van der Waals surface area contributed by atoms with E-state index in [9.17, 15) is 8.78 Å². The summed E-state index contributed by atoms with van der Waals surface area (Å²) in [6.45, 7) is 8.88. The quantitative estimate of drug-likeness (QED) is 0.539. The van der Waals surface area contributed by atoms with Gasteiger partial charge in [-0.15, -0.1) is 0 Å². The van der Waals surface area contributed by atoms with Crippen LogP contribution < -0.4 is 0 Å². The Bertz CT molecular complexity index is 274. The van der Waals surface area contributed by atoms with Crippen molar-refractivity contribution < 1.29 is 8.78 Å². The Labute approximate surface area is 98.4 Å². The van der Waals surface area contributed by atoms with Gasteiger partial charge in [0.25, 0.3) is 0 Å². The van der Waals surface area contributed by atoms with E-state index >= 15 is 0 Å². The van der Waals surface area contributed by atoms with Crippen molar-refractivity contribution in [1.29, 1.82) is 0 Å². The van der Waals surface area contributed by atoms with E-state index < -0.39 is 6.67 Å². The van der Waals surface area contributed by atoms with Crippen molar-refractivity contribution in [3.8, 4) is 0 Å². The van der Waals surface area contributed by atoms with Gasteiger partial charge >= 0.3 is 0 Å². The molecule has 0 spiro atoms. The summed E-state index contributed by atoms with van der Waals surface area (Å²) in [5.74, 6) is 0.200. The maximum absolute atomic E-state index is 13.8. The zero-order chi connectivity index (χ0) is 12.7. The Balaban J connectivity index is 5.01. The maximum Gasteiger partial charge on any atom is 0.127 e. The lowest BCUT2D eigenvalue weighted by molar-refractivity contribution is 0.517. The molecule has 0 nitrogen and oxygen atoms in total. The molecule has 0 bridgehead atoms. The summed E-state index contributed by atoms with van der Waals surface area (Å²) < 4.78 is 26.1.